The average molecular weight is 355 g/mol. The molecular formula is C13H15BrN4OS. The van der Waals surface area contributed by atoms with Crippen LogP contribution in [0.1, 0.15) is 18.9 Å². The number of nitrogens with two attached hydrogens (primary N) is 1. The van der Waals surface area contributed by atoms with Crippen molar-refractivity contribution in [1.82, 2.24) is 4.98 Å². The van der Waals surface area contributed by atoms with Gasteiger partial charge in [0.25, 0.3) is 0 Å². The normalized spacial score (nSPS) is 10.9. The third kappa shape index (κ3) is 4.21. The van der Waals surface area contributed by atoms with Crippen LogP contribution in [0.25, 0.3) is 0 Å². The van der Waals surface area contributed by atoms with Gasteiger partial charge in [-0.25, -0.2) is 4.98 Å². The van der Waals surface area contributed by atoms with E-state index in [4.69, 9.17) is 10.5 Å². The number of hydrogen-bond acceptors (Lipinski definition) is 6. The monoisotopic (exact) mass is 354 g/mol. The molecule has 0 amide bonds. The smallest absolute Gasteiger partial charge is 0.205 e. The van der Waals surface area contributed by atoms with Crippen molar-refractivity contribution >= 4 is 44.4 Å². The molecule has 1 aromatic carbocycles. The molecular weight excluding hydrogens is 340 g/mol. The van der Waals surface area contributed by atoms with Gasteiger partial charge in [-0.2, -0.15) is 5.10 Å². The number of anilines is 2. The predicted molar refractivity (Wildman–Crippen MR) is 87.7 cm³/mol. The molecule has 0 fully saturated rings. The zero-order chi connectivity index (χ0) is 14.4. The Bertz CT molecular complexity index is 600. The molecule has 0 saturated heterocycles. The Morgan fingerprint density at radius 3 is 3.10 bits per heavy atom. The fourth-order valence-corrected chi connectivity index (χ4v) is 2.39. The summed E-state index contributed by atoms with van der Waals surface area (Å²) in [5, 5.41) is 6.57. The summed E-state index contributed by atoms with van der Waals surface area (Å²) < 4.78 is 6.65. The fourth-order valence-electron chi connectivity index (χ4n) is 1.46. The number of nitrogens with one attached hydrogen (secondary N) is 1. The van der Waals surface area contributed by atoms with E-state index < -0.39 is 0 Å². The van der Waals surface area contributed by atoms with Gasteiger partial charge in [0.1, 0.15) is 11.6 Å². The Morgan fingerprint density at radius 2 is 2.40 bits per heavy atom. The first-order chi connectivity index (χ1) is 9.69. The van der Waals surface area contributed by atoms with Gasteiger partial charge in [0, 0.05) is 15.4 Å². The van der Waals surface area contributed by atoms with Crippen molar-refractivity contribution in [1.29, 1.82) is 0 Å². The van der Waals surface area contributed by atoms with E-state index in [2.05, 4.69) is 38.4 Å². The summed E-state index contributed by atoms with van der Waals surface area (Å²) in [5.74, 6) is 1.29. The summed E-state index contributed by atoms with van der Waals surface area (Å²) in [6.45, 7) is 2.75. The molecule has 0 spiro atoms. The number of ether oxygens (including phenoxy) is 1. The maximum Gasteiger partial charge on any atom is 0.205 e. The molecule has 0 radical (unpaired) electrons. The van der Waals surface area contributed by atoms with Crippen LogP contribution in [0.4, 0.5) is 10.9 Å². The summed E-state index contributed by atoms with van der Waals surface area (Å²) in [5.41, 5.74) is 9.28. The molecule has 7 heteroatoms. The Hall–Kier alpha value is -1.60. The number of aromatic nitrogens is 1. The van der Waals surface area contributed by atoms with E-state index in [1.807, 2.05) is 18.2 Å². The number of nitrogens with zero attached hydrogens (tertiary/aromatic N) is 2. The lowest BCUT2D eigenvalue weighted by Gasteiger charge is -2.08. The second-order valence-electron chi connectivity index (χ2n) is 3.98. The second-order valence-corrected chi connectivity index (χ2v) is 5.75. The van der Waals surface area contributed by atoms with Crippen molar-refractivity contribution < 1.29 is 4.74 Å². The molecule has 1 heterocycles. The zero-order valence-electron chi connectivity index (χ0n) is 11.0. The summed E-state index contributed by atoms with van der Waals surface area (Å²) in [7, 11) is 0. The molecule has 1 aromatic heterocycles. The number of rotatable bonds is 6. The Kier molecular flexibility index (Phi) is 5.37. The van der Waals surface area contributed by atoms with Gasteiger partial charge >= 0.3 is 0 Å². The number of hydrazone groups is 1. The van der Waals surface area contributed by atoms with E-state index in [-0.39, 0.29) is 0 Å². The average Bonchev–Trinajstić information content (AvgIpc) is 2.84. The van der Waals surface area contributed by atoms with E-state index in [1.54, 1.807) is 11.6 Å². The quantitative estimate of drug-likeness (QED) is 0.612. The van der Waals surface area contributed by atoms with E-state index in [1.165, 1.54) is 11.3 Å². The number of nitrogen functional groups attached to an aromatic ring is 1. The van der Waals surface area contributed by atoms with Gasteiger partial charge in [-0.15, -0.1) is 11.3 Å². The van der Waals surface area contributed by atoms with Crippen LogP contribution < -0.4 is 15.9 Å². The van der Waals surface area contributed by atoms with Gasteiger partial charge in [0.2, 0.25) is 5.13 Å². The van der Waals surface area contributed by atoms with Gasteiger partial charge in [-0.3, -0.25) is 5.43 Å². The van der Waals surface area contributed by atoms with Gasteiger partial charge in [0.15, 0.2) is 0 Å². The second kappa shape index (κ2) is 7.25. The number of benzene rings is 1. The lowest BCUT2D eigenvalue weighted by Crippen LogP contribution is -1.99. The van der Waals surface area contributed by atoms with Crippen LogP contribution in [0.5, 0.6) is 5.75 Å². The van der Waals surface area contributed by atoms with Crippen molar-refractivity contribution in [2.24, 2.45) is 5.10 Å². The molecule has 0 aliphatic heterocycles. The molecule has 3 N–H and O–H groups in total. The standard InChI is InChI=1S/C13H15BrN4OS/c1-2-5-19-11-4-3-10(14)6-9(11)7-16-18-13-17-12(15)8-20-13/h3-4,6-8H,2,5,15H2,1H3,(H,17,18). The largest absolute Gasteiger partial charge is 0.493 e. The van der Waals surface area contributed by atoms with Crippen molar-refractivity contribution in [2.75, 3.05) is 17.8 Å². The van der Waals surface area contributed by atoms with E-state index in [0.717, 1.165) is 22.2 Å². The van der Waals surface area contributed by atoms with Crippen LogP contribution in [-0.2, 0) is 0 Å². The Labute approximate surface area is 130 Å². The van der Waals surface area contributed by atoms with Gasteiger partial charge in [0.05, 0.1) is 12.8 Å². The first kappa shape index (κ1) is 14.8. The Balaban J connectivity index is 2.08. The highest BCUT2D eigenvalue weighted by molar-refractivity contribution is 9.10. The molecule has 2 aromatic rings. The lowest BCUT2D eigenvalue weighted by atomic mass is 10.2. The van der Waals surface area contributed by atoms with Gasteiger partial charge < -0.3 is 10.5 Å². The third-order valence-electron chi connectivity index (χ3n) is 2.32. The third-order valence-corrected chi connectivity index (χ3v) is 3.58. The predicted octanol–water partition coefficient (Wildman–Crippen LogP) is 3.72. The highest BCUT2D eigenvalue weighted by atomic mass is 79.9. The molecule has 106 valence electrons. The minimum Gasteiger partial charge on any atom is -0.493 e. The van der Waals surface area contributed by atoms with Crippen molar-refractivity contribution in [3.63, 3.8) is 0 Å². The topological polar surface area (TPSA) is 72.5 Å². The SMILES string of the molecule is CCCOc1ccc(Br)cc1C=NNc1nc(N)cs1. The minimum absolute atomic E-state index is 0.488. The van der Waals surface area contributed by atoms with Crippen molar-refractivity contribution in [3.8, 4) is 5.75 Å². The summed E-state index contributed by atoms with van der Waals surface area (Å²) in [6.07, 6.45) is 2.66. The molecule has 0 atom stereocenters. The first-order valence-electron chi connectivity index (χ1n) is 6.11. The number of halogens is 1. The maximum atomic E-state index is 5.68. The van der Waals surface area contributed by atoms with E-state index >= 15 is 0 Å². The van der Waals surface area contributed by atoms with Crippen LogP contribution in [0, 0.1) is 0 Å². The summed E-state index contributed by atoms with van der Waals surface area (Å²) >= 11 is 4.84. The maximum absolute atomic E-state index is 5.68. The molecule has 0 bridgehead atoms. The summed E-state index contributed by atoms with van der Waals surface area (Å²) in [4.78, 5) is 4.06. The molecule has 0 unspecified atom stereocenters. The van der Waals surface area contributed by atoms with Crippen LogP contribution in [0.3, 0.4) is 0 Å². The number of hydrogen-bond donors (Lipinski definition) is 2. The molecule has 0 aliphatic rings. The molecule has 0 aliphatic carbocycles. The van der Waals surface area contributed by atoms with E-state index in [0.29, 0.717) is 17.6 Å². The molecule has 2 rings (SSSR count). The zero-order valence-corrected chi connectivity index (χ0v) is 13.4. The van der Waals surface area contributed by atoms with Crippen LogP contribution >= 0.6 is 27.3 Å². The van der Waals surface area contributed by atoms with Crippen LogP contribution in [0.2, 0.25) is 0 Å². The molecule has 0 saturated carbocycles. The van der Waals surface area contributed by atoms with Crippen molar-refractivity contribution in [3.05, 3.63) is 33.6 Å². The summed E-state index contributed by atoms with van der Waals surface area (Å²) in [6, 6.07) is 5.81. The van der Waals surface area contributed by atoms with Gasteiger partial charge in [-0.1, -0.05) is 22.9 Å². The molecule has 20 heavy (non-hydrogen) atoms. The Morgan fingerprint density at radius 1 is 1.55 bits per heavy atom. The van der Waals surface area contributed by atoms with Crippen LogP contribution in [0.15, 0.2) is 33.2 Å². The molecule has 5 nitrogen and oxygen atoms in total. The minimum atomic E-state index is 0.488. The highest BCUT2D eigenvalue weighted by Crippen LogP contribution is 2.22. The van der Waals surface area contributed by atoms with E-state index in [9.17, 15) is 0 Å². The number of thiazole rings is 1. The van der Waals surface area contributed by atoms with Gasteiger partial charge in [-0.05, 0) is 24.6 Å². The first-order valence-corrected chi connectivity index (χ1v) is 7.78. The van der Waals surface area contributed by atoms with Crippen molar-refractivity contribution in [2.45, 2.75) is 13.3 Å². The highest BCUT2D eigenvalue weighted by Gasteiger charge is 2.02. The fraction of sp³-hybridized carbons (Fsp3) is 0.231. The van der Waals surface area contributed by atoms with Crippen LogP contribution in [-0.4, -0.2) is 17.8 Å². The lowest BCUT2D eigenvalue weighted by molar-refractivity contribution is 0.317.